The fourth-order valence-electron chi connectivity index (χ4n) is 2.46. The molecule has 78 valence electrons. The quantitative estimate of drug-likeness (QED) is 0.600. The molecule has 14 heavy (non-hydrogen) atoms. The van der Waals surface area contributed by atoms with Gasteiger partial charge in [-0.1, -0.05) is 20.8 Å². The maximum Gasteiger partial charge on any atom is 0.149 e. The first kappa shape index (κ1) is 9.88. The molecule has 0 heterocycles. The molecule has 0 bridgehead atoms. The van der Waals surface area contributed by atoms with Crippen molar-refractivity contribution in [3.8, 4) is 0 Å². The molecule has 1 unspecified atom stereocenters. The molecule has 0 aliphatic heterocycles. The third-order valence-electron chi connectivity index (χ3n) is 3.66. The van der Waals surface area contributed by atoms with E-state index in [-0.39, 0.29) is 28.3 Å². The van der Waals surface area contributed by atoms with Gasteiger partial charge in [0, 0.05) is 10.8 Å². The van der Waals surface area contributed by atoms with Gasteiger partial charge in [-0.15, -0.1) is 0 Å². The van der Waals surface area contributed by atoms with E-state index >= 15 is 0 Å². The van der Waals surface area contributed by atoms with Crippen molar-refractivity contribution in [1.29, 1.82) is 0 Å². The summed E-state index contributed by atoms with van der Waals surface area (Å²) in [5.74, 6) is 0.112. The van der Waals surface area contributed by atoms with Crippen LogP contribution in [0, 0.1) is 16.7 Å². The maximum absolute atomic E-state index is 12.0. The molecule has 2 aliphatic carbocycles. The molecule has 2 nitrogen and oxygen atoms in total. The van der Waals surface area contributed by atoms with E-state index in [0.717, 1.165) is 25.7 Å². The summed E-state index contributed by atoms with van der Waals surface area (Å²) in [6, 6.07) is 0. The van der Waals surface area contributed by atoms with Crippen LogP contribution >= 0.6 is 0 Å². The molecule has 2 rings (SSSR count). The van der Waals surface area contributed by atoms with Crippen molar-refractivity contribution in [2.45, 2.75) is 46.5 Å². The lowest BCUT2D eigenvalue weighted by atomic mass is 9.81. The summed E-state index contributed by atoms with van der Waals surface area (Å²) in [7, 11) is 0. The molecule has 2 heteroatoms. The van der Waals surface area contributed by atoms with E-state index in [2.05, 4.69) is 0 Å². The predicted octanol–water partition coefficient (Wildman–Crippen LogP) is 2.36. The zero-order valence-corrected chi connectivity index (χ0v) is 9.22. The number of Topliss-reactive ketones (excluding diaryl/α,β-unsaturated/α-hetero) is 2. The van der Waals surface area contributed by atoms with Crippen molar-refractivity contribution >= 4 is 11.6 Å². The molecule has 2 aliphatic rings. The molecular weight excluding hydrogens is 176 g/mol. The van der Waals surface area contributed by atoms with Crippen LogP contribution in [0.4, 0.5) is 0 Å². The molecule has 0 aromatic rings. The zero-order valence-electron chi connectivity index (χ0n) is 9.22. The Hall–Kier alpha value is -0.660. The Labute approximate surface area is 85.1 Å². The fraction of sp³-hybridized carbons (Fsp3) is 0.833. The van der Waals surface area contributed by atoms with Crippen molar-refractivity contribution in [2.75, 3.05) is 0 Å². The molecule has 0 amide bonds. The molecule has 2 saturated carbocycles. The smallest absolute Gasteiger partial charge is 0.149 e. The highest BCUT2D eigenvalue weighted by molar-refractivity contribution is 6.09. The van der Waals surface area contributed by atoms with Gasteiger partial charge in [0.2, 0.25) is 0 Å². The van der Waals surface area contributed by atoms with E-state index in [0.29, 0.717) is 0 Å². The number of rotatable bonds is 1. The molecule has 0 N–H and O–H groups in total. The molecule has 0 radical (unpaired) electrons. The van der Waals surface area contributed by atoms with Crippen molar-refractivity contribution in [1.82, 2.24) is 0 Å². The summed E-state index contributed by atoms with van der Waals surface area (Å²) >= 11 is 0. The topological polar surface area (TPSA) is 34.1 Å². The van der Waals surface area contributed by atoms with Gasteiger partial charge in [-0.3, -0.25) is 9.59 Å². The van der Waals surface area contributed by atoms with Gasteiger partial charge in [0.05, 0.1) is 5.92 Å². The minimum atomic E-state index is -0.360. The highest BCUT2D eigenvalue weighted by Gasteiger charge is 2.58. The summed E-state index contributed by atoms with van der Waals surface area (Å²) in [5, 5.41) is 0. The largest absolute Gasteiger partial charge is 0.298 e. The van der Waals surface area contributed by atoms with Crippen LogP contribution < -0.4 is 0 Å². The monoisotopic (exact) mass is 194 g/mol. The first-order valence-electron chi connectivity index (χ1n) is 5.45. The van der Waals surface area contributed by atoms with Gasteiger partial charge in [-0.25, -0.2) is 0 Å². The Morgan fingerprint density at radius 3 is 2.21 bits per heavy atom. The van der Waals surface area contributed by atoms with Crippen LogP contribution in [-0.2, 0) is 9.59 Å². The van der Waals surface area contributed by atoms with Gasteiger partial charge in [-0.2, -0.15) is 0 Å². The van der Waals surface area contributed by atoms with E-state index in [1.165, 1.54) is 0 Å². The molecule has 0 saturated heterocycles. The third-order valence-corrected chi connectivity index (χ3v) is 3.66. The van der Waals surface area contributed by atoms with Crippen LogP contribution in [0.1, 0.15) is 46.5 Å². The molecule has 0 aromatic heterocycles. The van der Waals surface area contributed by atoms with Crippen LogP contribution in [-0.4, -0.2) is 11.6 Å². The molecular formula is C12H18O2. The van der Waals surface area contributed by atoms with E-state index in [9.17, 15) is 9.59 Å². The Kier molecular flexibility index (Phi) is 1.89. The lowest BCUT2D eigenvalue weighted by Crippen LogP contribution is -2.32. The van der Waals surface area contributed by atoms with Crippen LogP contribution in [0.15, 0.2) is 0 Å². The van der Waals surface area contributed by atoms with E-state index in [1.54, 1.807) is 0 Å². The van der Waals surface area contributed by atoms with Gasteiger partial charge < -0.3 is 0 Å². The van der Waals surface area contributed by atoms with Crippen molar-refractivity contribution in [3.05, 3.63) is 0 Å². The van der Waals surface area contributed by atoms with E-state index in [1.807, 2.05) is 20.8 Å². The average Bonchev–Trinajstić information content (AvgIpc) is 2.76. The number of ketones is 2. The standard InChI is InChI=1S/C12H18O2/c1-11(2,3)9(13)8-4-5-12(6-7-12)10(8)14/h8H,4-7H2,1-3H3. The van der Waals surface area contributed by atoms with Crippen LogP contribution in [0.5, 0.6) is 0 Å². The fourth-order valence-corrected chi connectivity index (χ4v) is 2.46. The van der Waals surface area contributed by atoms with Gasteiger partial charge in [0.25, 0.3) is 0 Å². The summed E-state index contributed by atoms with van der Waals surface area (Å²) < 4.78 is 0. The van der Waals surface area contributed by atoms with Gasteiger partial charge in [0.15, 0.2) is 0 Å². The molecule has 2 fully saturated rings. The summed E-state index contributed by atoms with van der Waals surface area (Å²) in [6.45, 7) is 5.71. The van der Waals surface area contributed by atoms with Gasteiger partial charge in [0.1, 0.15) is 11.6 Å². The Balaban J connectivity index is 2.14. The summed E-state index contributed by atoms with van der Waals surface area (Å²) in [4.78, 5) is 23.9. The van der Waals surface area contributed by atoms with Crippen molar-refractivity contribution in [3.63, 3.8) is 0 Å². The first-order chi connectivity index (χ1) is 6.37. The first-order valence-corrected chi connectivity index (χ1v) is 5.45. The minimum Gasteiger partial charge on any atom is -0.298 e. The van der Waals surface area contributed by atoms with Crippen LogP contribution in [0.25, 0.3) is 0 Å². The summed E-state index contributed by atoms with van der Waals surface area (Å²) in [6.07, 6.45) is 3.81. The number of carbonyl (C=O) groups is 2. The second-order valence-corrected chi connectivity index (χ2v) is 5.85. The second-order valence-electron chi connectivity index (χ2n) is 5.85. The number of carbonyl (C=O) groups excluding carboxylic acids is 2. The predicted molar refractivity (Wildman–Crippen MR) is 53.9 cm³/mol. The Morgan fingerprint density at radius 1 is 1.29 bits per heavy atom. The van der Waals surface area contributed by atoms with Crippen LogP contribution in [0.3, 0.4) is 0 Å². The van der Waals surface area contributed by atoms with Gasteiger partial charge in [-0.05, 0) is 25.7 Å². The van der Waals surface area contributed by atoms with Crippen molar-refractivity contribution < 1.29 is 9.59 Å². The lowest BCUT2D eigenvalue weighted by Gasteiger charge is -2.20. The number of hydrogen-bond acceptors (Lipinski definition) is 2. The number of hydrogen-bond donors (Lipinski definition) is 0. The minimum absolute atomic E-state index is 0.0361. The van der Waals surface area contributed by atoms with Crippen molar-refractivity contribution in [2.24, 2.45) is 16.7 Å². The Morgan fingerprint density at radius 2 is 1.86 bits per heavy atom. The maximum atomic E-state index is 12.0. The van der Waals surface area contributed by atoms with Crippen LogP contribution in [0.2, 0.25) is 0 Å². The highest BCUT2D eigenvalue weighted by Crippen LogP contribution is 2.57. The SMILES string of the molecule is CC(C)(C)C(=O)C1CCC2(CC2)C1=O. The highest BCUT2D eigenvalue weighted by atomic mass is 16.2. The zero-order chi connectivity index (χ0) is 10.6. The molecule has 1 spiro atoms. The van der Waals surface area contributed by atoms with E-state index < -0.39 is 0 Å². The molecule has 1 atom stereocenters. The molecule has 0 aromatic carbocycles. The normalized spacial score (nSPS) is 29.6. The van der Waals surface area contributed by atoms with E-state index in [4.69, 9.17) is 0 Å². The average molecular weight is 194 g/mol. The second kappa shape index (κ2) is 2.68. The van der Waals surface area contributed by atoms with Gasteiger partial charge >= 0.3 is 0 Å². The summed E-state index contributed by atoms with van der Waals surface area (Å²) in [5.41, 5.74) is -0.397. The Bertz CT molecular complexity index is 292. The lowest BCUT2D eigenvalue weighted by molar-refractivity contribution is -0.137. The third kappa shape index (κ3) is 1.32.